The van der Waals surface area contributed by atoms with Crippen molar-refractivity contribution in [3.8, 4) is 0 Å². The van der Waals surface area contributed by atoms with Crippen molar-refractivity contribution in [2.24, 2.45) is 10.8 Å². The molecule has 0 aromatic heterocycles. The number of rotatable bonds is 10. The fourth-order valence-corrected chi connectivity index (χ4v) is 2.55. The van der Waals surface area contributed by atoms with Crippen LogP contribution in [0.3, 0.4) is 0 Å². The van der Waals surface area contributed by atoms with E-state index in [1.165, 1.54) is 70.6 Å². The van der Waals surface area contributed by atoms with Crippen molar-refractivity contribution in [3.05, 3.63) is 0 Å². The predicted octanol–water partition coefficient (Wildman–Crippen LogP) is 15.0. The molecule has 0 nitrogen and oxygen atoms in total. The molecule has 0 radical (unpaired) electrons. The van der Waals surface area contributed by atoms with Gasteiger partial charge < -0.3 is 0 Å². The highest BCUT2D eigenvalue weighted by molar-refractivity contribution is 4.62. The Labute approximate surface area is 212 Å². The van der Waals surface area contributed by atoms with Crippen LogP contribution in [0.2, 0.25) is 0 Å². The van der Waals surface area contributed by atoms with E-state index in [0.29, 0.717) is 10.8 Å². The van der Waals surface area contributed by atoms with Gasteiger partial charge in [-0.15, -0.1) is 0 Å². The monoisotopic (exact) mass is 461 g/mol. The second-order valence-electron chi connectivity index (χ2n) is 8.80. The van der Waals surface area contributed by atoms with Crippen LogP contribution < -0.4 is 0 Å². The lowest BCUT2D eigenvalue weighted by molar-refractivity contribution is 0.353. The molecule has 0 heteroatoms. The van der Waals surface area contributed by atoms with Gasteiger partial charge in [-0.25, -0.2) is 0 Å². The van der Waals surface area contributed by atoms with Crippen LogP contribution >= 0.6 is 0 Å². The minimum Gasteiger partial charge on any atom is -0.0776 e. The van der Waals surface area contributed by atoms with Crippen molar-refractivity contribution in [3.63, 3.8) is 0 Å². The lowest BCUT2D eigenvalue weighted by Gasteiger charge is -2.17. The molecule has 0 fully saturated rings. The minimum atomic E-state index is 0. The van der Waals surface area contributed by atoms with E-state index >= 15 is 0 Å². The molecular formula is C31H88. The summed E-state index contributed by atoms with van der Waals surface area (Å²) in [7, 11) is 0. The fourth-order valence-electron chi connectivity index (χ4n) is 2.55. The Bertz CT molecular complexity index is 167. The van der Waals surface area contributed by atoms with Gasteiger partial charge in [0.1, 0.15) is 0 Å². The van der Waals surface area contributed by atoms with Gasteiger partial charge in [-0.1, -0.05) is 188 Å². The van der Waals surface area contributed by atoms with Gasteiger partial charge in [0.15, 0.2) is 0 Å². The van der Waals surface area contributed by atoms with Crippen molar-refractivity contribution >= 4 is 0 Å². The highest BCUT2D eigenvalue weighted by atomic mass is 14.1. The Morgan fingerprint density at radius 1 is 0.258 bits per heavy atom. The Balaban J connectivity index is -0.0000000245. The highest BCUT2D eigenvalue weighted by Crippen LogP contribution is 2.24. The van der Waals surface area contributed by atoms with Crippen molar-refractivity contribution in [2.75, 3.05) is 0 Å². The summed E-state index contributed by atoms with van der Waals surface area (Å²) in [5, 5.41) is 0. The van der Waals surface area contributed by atoms with Crippen LogP contribution in [0.25, 0.3) is 0 Å². The molecule has 0 aromatic carbocycles. The maximum atomic E-state index is 2.35. The molecule has 0 aliphatic heterocycles. The highest BCUT2D eigenvalue weighted by Gasteiger charge is 2.09. The molecule has 0 saturated carbocycles. The molecule has 0 aromatic rings. The minimum absolute atomic E-state index is 0. The largest absolute Gasteiger partial charge is 0.0776 e. The number of hydrogen-bond donors (Lipinski definition) is 0. The zero-order chi connectivity index (χ0) is 14.8. The van der Waals surface area contributed by atoms with E-state index in [-0.39, 0.29) is 89.1 Å². The van der Waals surface area contributed by atoms with Gasteiger partial charge in [0, 0.05) is 0 Å². The fraction of sp³-hybridized carbons (Fsp3) is 1.00. The van der Waals surface area contributed by atoms with Crippen molar-refractivity contribution in [1.82, 2.24) is 0 Å². The standard InChI is InChI=1S/C19H40.12CH4/c1-18(2,3)16-14-12-10-8-7-9-11-13-15-17-19(4,5)6;;;;;;;;;;;;/h7-17H2,1-6H3;12*1H4. The van der Waals surface area contributed by atoms with Gasteiger partial charge in [-0.2, -0.15) is 0 Å². The zero-order valence-electron chi connectivity index (χ0n) is 14.8. The molecule has 0 saturated heterocycles. The molecule has 0 unspecified atom stereocenters. The Morgan fingerprint density at radius 3 is 0.516 bits per heavy atom. The Morgan fingerprint density at radius 2 is 0.387 bits per heavy atom. The van der Waals surface area contributed by atoms with Crippen molar-refractivity contribution < 1.29 is 0 Å². The molecule has 31 heavy (non-hydrogen) atoms. The Kier molecular flexibility index (Phi) is 132. The summed E-state index contributed by atoms with van der Waals surface area (Å²) in [6.07, 6.45) is 15.8. The van der Waals surface area contributed by atoms with Gasteiger partial charge in [0.2, 0.25) is 0 Å². The van der Waals surface area contributed by atoms with Crippen LogP contribution in [-0.4, -0.2) is 0 Å². The first kappa shape index (κ1) is 86.1. The molecule has 0 N–H and O–H groups in total. The van der Waals surface area contributed by atoms with Crippen LogP contribution in [0.5, 0.6) is 0 Å². The zero-order valence-corrected chi connectivity index (χ0v) is 14.8. The third-order valence-electron chi connectivity index (χ3n) is 3.85. The van der Waals surface area contributed by atoms with Crippen molar-refractivity contribution in [1.29, 1.82) is 0 Å². The summed E-state index contributed by atoms with van der Waals surface area (Å²) < 4.78 is 0. The van der Waals surface area contributed by atoms with E-state index in [2.05, 4.69) is 41.5 Å². The van der Waals surface area contributed by atoms with Crippen molar-refractivity contribution in [2.45, 2.75) is 201 Å². The maximum Gasteiger partial charge on any atom is -0.0383 e. The molecule has 0 spiro atoms. The van der Waals surface area contributed by atoms with Crippen LogP contribution in [0, 0.1) is 10.8 Å². The summed E-state index contributed by atoms with van der Waals surface area (Å²) >= 11 is 0. The van der Waals surface area contributed by atoms with Crippen LogP contribution in [0.1, 0.15) is 201 Å². The molecule has 0 amide bonds. The second kappa shape index (κ2) is 47.7. The van der Waals surface area contributed by atoms with E-state index in [1.54, 1.807) is 0 Å². The first-order valence-electron chi connectivity index (χ1n) is 8.71. The summed E-state index contributed by atoms with van der Waals surface area (Å²) in [6, 6.07) is 0. The van der Waals surface area contributed by atoms with E-state index in [9.17, 15) is 0 Å². The first-order valence-corrected chi connectivity index (χ1v) is 8.71. The van der Waals surface area contributed by atoms with E-state index < -0.39 is 0 Å². The predicted molar refractivity (Wildman–Crippen MR) is 170 cm³/mol. The van der Waals surface area contributed by atoms with Gasteiger partial charge in [-0.05, 0) is 23.7 Å². The maximum absolute atomic E-state index is 2.35. The summed E-state index contributed by atoms with van der Waals surface area (Å²) in [5.74, 6) is 0. The van der Waals surface area contributed by atoms with Gasteiger partial charge >= 0.3 is 0 Å². The summed E-state index contributed by atoms with van der Waals surface area (Å²) in [5.41, 5.74) is 1.07. The molecule has 0 bridgehead atoms. The van der Waals surface area contributed by atoms with E-state index in [1.807, 2.05) is 0 Å². The normalized spacial score (nSPS) is 7.94. The molecule has 0 aliphatic rings. The third-order valence-corrected chi connectivity index (χ3v) is 3.85. The lowest BCUT2D eigenvalue weighted by Crippen LogP contribution is -2.04. The lowest BCUT2D eigenvalue weighted by atomic mass is 9.89. The average molecular weight is 461 g/mol. The number of hydrogen-bond acceptors (Lipinski definition) is 0. The van der Waals surface area contributed by atoms with Gasteiger partial charge in [-0.3, -0.25) is 0 Å². The van der Waals surface area contributed by atoms with Gasteiger partial charge in [0.05, 0.1) is 0 Å². The number of unbranched alkanes of at least 4 members (excludes halogenated alkanes) is 8. The quantitative estimate of drug-likeness (QED) is 0.284. The molecule has 0 heterocycles. The average Bonchev–Trinajstić information content (AvgIpc) is 2.22. The SMILES string of the molecule is C.C.C.C.C.C.C.C.C.C.C.C.CC(C)(C)CCCCCCCCCCCC(C)(C)C. The van der Waals surface area contributed by atoms with Crippen LogP contribution in [-0.2, 0) is 0 Å². The van der Waals surface area contributed by atoms with Crippen LogP contribution in [0.15, 0.2) is 0 Å². The molecule has 0 aliphatic carbocycles. The smallest absolute Gasteiger partial charge is 0.0383 e. The topological polar surface area (TPSA) is 0 Å². The first-order chi connectivity index (χ1) is 8.71. The van der Waals surface area contributed by atoms with E-state index in [4.69, 9.17) is 0 Å². The summed E-state index contributed by atoms with van der Waals surface area (Å²) in [4.78, 5) is 0. The molecule has 0 rings (SSSR count). The molecular weight excluding hydrogens is 372 g/mol. The van der Waals surface area contributed by atoms with Gasteiger partial charge in [0.25, 0.3) is 0 Å². The molecule has 0 atom stereocenters. The third kappa shape index (κ3) is 91.9. The van der Waals surface area contributed by atoms with Crippen LogP contribution in [0.4, 0.5) is 0 Å². The molecule has 212 valence electrons. The van der Waals surface area contributed by atoms with E-state index in [0.717, 1.165) is 0 Å². The second-order valence-corrected chi connectivity index (χ2v) is 8.80. The Hall–Kier alpha value is 0. The summed E-state index contributed by atoms with van der Waals surface area (Å²) in [6.45, 7) is 14.1.